The van der Waals surface area contributed by atoms with Crippen molar-refractivity contribution in [2.75, 3.05) is 11.5 Å². The standard InChI is InChI=1S/C20H18F3N3S3/c1-4-27-13-7-6-8-14-15(13)16(28-5-2)17(29-14)19-25-12-9-11(20(21,22)23)10-24-18(12)26(19)3/h6-10H,4-5H2,1-3H3. The normalized spacial score (nSPS) is 12.3. The van der Waals surface area contributed by atoms with Gasteiger partial charge >= 0.3 is 6.18 Å². The van der Waals surface area contributed by atoms with E-state index in [0.717, 1.165) is 38.2 Å². The third-order valence-corrected chi connectivity index (χ3v) is 7.67. The number of aromatic nitrogens is 3. The van der Waals surface area contributed by atoms with Gasteiger partial charge in [-0.3, -0.25) is 0 Å². The quantitative estimate of drug-likeness (QED) is 0.302. The van der Waals surface area contributed by atoms with E-state index in [1.807, 2.05) is 6.07 Å². The number of fused-ring (bicyclic) bond motifs is 2. The predicted octanol–water partition coefficient (Wildman–Crippen LogP) is 7.09. The van der Waals surface area contributed by atoms with Crippen LogP contribution in [0.1, 0.15) is 19.4 Å². The average Bonchev–Trinajstić information content (AvgIpc) is 3.20. The number of benzene rings is 1. The molecule has 0 aliphatic carbocycles. The van der Waals surface area contributed by atoms with Crippen LogP contribution >= 0.6 is 34.9 Å². The fourth-order valence-electron chi connectivity index (χ4n) is 3.23. The van der Waals surface area contributed by atoms with Crippen LogP contribution in [0.5, 0.6) is 0 Å². The summed E-state index contributed by atoms with van der Waals surface area (Å²) in [6.45, 7) is 4.22. The predicted molar refractivity (Wildman–Crippen MR) is 117 cm³/mol. The highest BCUT2D eigenvalue weighted by Crippen LogP contribution is 2.47. The van der Waals surface area contributed by atoms with Gasteiger partial charge in [0.1, 0.15) is 5.52 Å². The lowest BCUT2D eigenvalue weighted by Gasteiger charge is -2.06. The number of thiophene rings is 1. The van der Waals surface area contributed by atoms with Gasteiger partial charge in [0, 0.05) is 33.1 Å². The fraction of sp³-hybridized carbons (Fsp3) is 0.300. The Morgan fingerprint density at radius 2 is 1.90 bits per heavy atom. The molecule has 1 aromatic carbocycles. The first-order chi connectivity index (χ1) is 13.8. The number of aryl methyl sites for hydroxylation is 1. The molecule has 0 radical (unpaired) electrons. The van der Waals surface area contributed by atoms with Crippen molar-refractivity contribution in [3.63, 3.8) is 0 Å². The minimum atomic E-state index is -4.44. The van der Waals surface area contributed by atoms with Gasteiger partial charge in [0.25, 0.3) is 0 Å². The van der Waals surface area contributed by atoms with Gasteiger partial charge in [0.2, 0.25) is 0 Å². The zero-order valence-electron chi connectivity index (χ0n) is 16.0. The Balaban J connectivity index is 1.96. The zero-order valence-corrected chi connectivity index (χ0v) is 18.5. The molecule has 4 aromatic rings. The van der Waals surface area contributed by atoms with E-state index < -0.39 is 11.7 Å². The SMILES string of the molecule is CCSc1cccc2sc(-c3nc4cc(C(F)(F)F)cnc4n3C)c(SCC)c12. The number of rotatable bonds is 5. The van der Waals surface area contributed by atoms with E-state index in [2.05, 4.69) is 35.9 Å². The first kappa shape index (κ1) is 20.6. The average molecular weight is 454 g/mol. The number of hydrogen-bond donors (Lipinski definition) is 0. The Morgan fingerprint density at radius 1 is 1.14 bits per heavy atom. The first-order valence-corrected chi connectivity index (χ1v) is 11.8. The molecular weight excluding hydrogens is 435 g/mol. The number of imidazole rings is 1. The number of halogens is 3. The molecule has 0 atom stereocenters. The second-order valence-electron chi connectivity index (χ2n) is 6.31. The molecule has 0 aliphatic rings. The molecule has 9 heteroatoms. The van der Waals surface area contributed by atoms with Crippen molar-refractivity contribution >= 4 is 56.1 Å². The molecule has 3 aromatic heterocycles. The number of thioether (sulfide) groups is 2. The van der Waals surface area contributed by atoms with Gasteiger partial charge < -0.3 is 4.57 Å². The highest BCUT2D eigenvalue weighted by molar-refractivity contribution is 8.00. The molecule has 0 unspecified atom stereocenters. The van der Waals surface area contributed by atoms with E-state index in [0.29, 0.717) is 11.5 Å². The number of alkyl halides is 3. The summed E-state index contributed by atoms with van der Waals surface area (Å²) in [6, 6.07) is 7.33. The monoisotopic (exact) mass is 453 g/mol. The Bertz CT molecular complexity index is 1190. The largest absolute Gasteiger partial charge is 0.417 e. The molecule has 4 rings (SSSR count). The van der Waals surface area contributed by atoms with Crippen molar-refractivity contribution in [3.8, 4) is 10.7 Å². The van der Waals surface area contributed by atoms with Crippen LogP contribution < -0.4 is 0 Å². The Morgan fingerprint density at radius 3 is 2.59 bits per heavy atom. The second kappa shape index (κ2) is 7.85. The first-order valence-electron chi connectivity index (χ1n) is 9.06. The molecule has 0 aliphatic heterocycles. The molecular formula is C20H18F3N3S3. The lowest BCUT2D eigenvalue weighted by molar-refractivity contribution is -0.137. The Hall–Kier alpha value is -1.71. The molecule has 0 spiro atoms. The van der Waals surface area contributed by atoms with Crippen molar-refractivity contribution in [1.82, 2.24) is 14.5 Å². The van der Waals surface area contributed by atoms with E-state index in [1.165, 1.54) is 10.3 Å². The molecule has 0 bridgehead atoms. The van der Waals surface area contributed by atoms with Crippen molar-refractivity contribution in [1.29, 1.82) is 0 Å². The smallest absolute Gasteiger partial charge is 0.311 e. The van der Waals surface area contributed by atoms with E-state index in [1.54, 1.807) is 46.5 Å². The van der Waals surface area contributed by atoms with Gasteiger partial charge in [-0.15, -0.1) is 34.9 Å². The molecule has 0 N–H and O–H groups in total. The summed E-state index contributed by atoms with van der Waals surface area (Å²) < 4.78 is 42.2. The lowest BCUT2D eigenvalue weighted by Crippen LogP contribution is -2.05. The number of nitrogens with zero attached hydrogens (tertiary/aromatic N) is 3. The maximum absolute atomic E-state index is 13.1. The highest BCUT2D eigenvalue weighted by atomic mass is 32.2. The minimum absolute atomic E-state index is 0.255. The van der Waals surface area contributed by atoms with Crippen LogP contribution in [0.2, 0.25) is 0 Å². The van der Waals surface area contributed by atoms with E-state index >= 15 is 0 Å². The van der Waals surface area contributed by atoms with E-state index in [9.17, 15) is 13.2 Å². The van der Waals surface area contributed by atoms with Gasteiger partial charge in [-0.25, -0.2) is 9.97 Å². The van der Waals surface area contributed by atoms with Crippen molar-refractivity contribution < 1.29 is 13.2 Å². The number of hydrogen-bond acceptors (Lipinski definition) is 5. The summed E-state index contributed by atoms with van der Waals surface area (Å²) in [6.07, 6.45) is -3.57. The summed E-state index contributed by atoms with van der Waals surface area (Å²) >= 11 is 5.17. The molecule has 3 heterocycles. The summed E-state index contributed by atoms with van der Waals surface area (Å²) in [7, 11) is 1.80. The van der Waals surface area contributed by atoms with Crippen LogP contribution in [0.4, 0.5) is 13.2 Å². The van der Waals surface area contributed by atoms with Gasteiger partial charge in [-0.1, -0.05) is 19.9 Å². The van der Waals surface area contributed by atoms with Crippen LogP contribution in [0.15, 0.2) is 40.3 Å². The number of pyridine rings is 1. The maximum Gasteiger partial charge on any atom is 0.417 e. The third-order valence-electron chi connectivity index (χ3n) is 4.46. The zero-order chi connectivity index (χ0) is 20.8. The molecule has 0 saturated heterocycles. The van der Waals surface area contributed by atoms with Gasteiger partial charge in [0.15, 0.2) is 11.5 Å². The van der Waals surface area contributed by atoms with Crippen LogP contribution in [-0.2, 0) is 13.2 Å². The van der Waals surface area contributed by atoms with Crippen LogP contribution in [0, 0.1) is 0 Å². The van der Waals surface area contributed by atoms with Crippen molar-refractivity contribution in [3.05, 3.63) is 36.0 Å². The van der Waals surface area contributed by atoms with Crippen molar-refractivity contribution in [2.24, 2.45) is 7.05 Å². The highest BCUT2D eigenvalue weighted by Gasteiger charge is 2.32. The summed E-state index contributed by atoms with van der Waals surface area (Å²) in [5.74, 6) is 2.51. The summed E-state index contributed by atoms with van der Waals surface area (Å²) in [5.41, 5.74) is -0.0813. The fourth-order valence-corrected chi connectivity index (χ4v) is 6.59. The van der Waals surface area contributed by atoms with Gasteiger partial charge in [0.05, 0.1) is 10.4 Å². The van der Waals surface area contributed by atoms with Crippen LogP contribution in [0.3, 0.4) is 0 Å². The topological polar surface area (TPSA) is 30.7 Å². The second-order valence-corrected chi connectivity index (χ2v) is 9.95. The Kier molecular flexibility index (Phi) is 5.56. The minimum Gasteiger partial charge on any atom is -0.311 e. The van der Waals surface area contributed by atoms with E-state index in [-0.39, 0.29) is 5.52 Å². The van der Waals surface area contributed by atoms with Crippen LogP contribution in [0.25, 0.3) is 32.0 Å². The summed E-state index contributed by atoms with van der Waals surface area (Å²) in [4.78, 5) is 11.9. The Labute approximate surface area is 178 Å². The van der Waals surface area contributed by atoms with Crippen LogP contribution in [-0.4, -0.2) is 26.0 Å². The molecule has 29 heavy (non-hydrogen) atoms. The molecule has 3 nitrogen and oxygen atoms in total. The summed E-state index contributed by atoms with van der Waals surface area (Å²) in [5, 5.41) is 1.21. The van der Waals surface area contributed by atoms with Crippen molar-refractivity contribution in [2.45, 2.75) is 29.8 Å². The van der Waals surface area contributed by atoms with Gasteiger partial charge in [-0.2, -0.15) is 13.2 Å². The molecule has 0 saturated carbocycles. The molecule has 0 fully saturated rings. The van der Waals surface area contributed by atoms with Gasteiger partial charge in [-0.05, 0) is 29.7 Å². The molecule has 152 valence electrons. The lowest BCUT2D eigenvalue weighted by atomic mass is 10.2. The maximum atomic E-state index is 13.1. The third kappa shape index (κ3) is 3.64. The molecule has 0 amide bonds. The van der Waals surface area contributed by atoms with E-state index in [4.69, 9.17) is 0 Å².